The summed E-state index contributed by atoms with van der Waals surface area (Å²) in [5, 5.41) is 3.46. The van der Waals surface area contributed by atoms with E-state index in [1.54, 1.807) is 7.11 Å². The largest absolute Gasteiger partial charge is 0.497 e. The monoisotopic (exact) mass is 298 g/mol. The zero-order valence-corrected chi connectivity index (χ0v) is 12.0. The first-order chi connectivity index (χ1) is 8.19. The fraction of sp³-hybridized carbons (Fsp3) is 0.538. The predicted octanol–water partition coefficient (Wildman–Crippen LogP) is 2.25. The molecule has 17 heavy (non-hydrogen) atoms. The molecule has 1 atom stereocenters. The first-order valence-corrected chi connectivity index (χ1v) is 6.76. The Morgan fingerprint density at radius 3 is 3.06 bits per heavy atom. The molecule has 94 valence electrons. The number of rotatable bonds is 3. The molecule has 0 aliphatic carbocycles. The minimum absolute atomic E-state index is 0.577. The van der Waals surface area contributed by atoms with Gasteiger partial charge in [0.1, 0.15) is 5.75 Å². The molecular weight excluding hydrogens is 280 g/mol. The molecule has 0 amide bonds. The zero-order valence-electron chi connectivity index (χ0n) is 10.4. The van der Waals surface area contributed by atoms with Crippen molar-refractivity contribution >= 4 is 15.9 Å². The highest BCUT2D eigenvalue weighted by molar-refractivity contribution is 9.10. The second kappa shape index (κ2) is 5.85. The number of benzene rings is 1. The van der Waals surface area contributed by atoms with E-state index in [2.05, 4.69) is 45.2 Å². The average molecular weight is 299 g/mol. The topological polar surface area (TPSA) is 24.5 Å². The maximum absolute atomic E-state index is 5.27. The summed E-state index contributed by atoms with van der Waals surface area (Å²) in [6, 6.07) is 6.72. The molecule has 1 aromatic rings. The van der Waals surface area contributed by atoms with Crippen LogP contribution in [-0.4, -0.2) is 37.7 Å². The van der Waals surface area contributed by atoms with E-state index < -0.39 is 0 Å². The molecule has 0 bridgehead atoms. The van der Waals surface area contributed by atoms with Gasteiger partial charge in [-0.1, -0.05) is 15.9 Å². The summed E-state index contributed by atoms with van der Waals surface area (Å²) < 4.78 is 6.43. The van der Waals surface area contributed by atoms with E-state index in [4.69, 9.17) is 4.74 Å². The Labute approximate surface area is 111 Å². The second-order valence-electron chi connectivity index (χ2n) is 4.55. The van der Waals surface area contributed by atoms with Gasteiger partial charge in [0.05, 0.1) is 7.11 Å². The van der Waals surface area contributed by atoms with Gasteiger partial charge in [0, 0.05) is 36.7 Å². The molecule has 0 spiro atoms. The van der Waals surface area contributed by atoms with Crippen LogP contribution in [-0.2, 0) is 6.54 Å². The van der Waals surface area contributed by atoms with Gasteiger partial charge in [-0.3, -0.25) is 4.90 Å². The van der Waals surface area contributed by atoms with Crippen LogP contribution in [0.3, 0.4) is 0 Å². The van der Waals surface area contributed by atoms with E-state index in [0.717, 1.165) is 36.4 Å². The fourth-order valence-corrected chi connectivity index (χ4v) is 2.57. The van der Waals surface area contributed by atoms with Crippen LogP contribution in [0.25, 0.3) is 0 Å². The summed E-state index contributed by atoms with van der Waals surface area (Å²) in [6.45, 7) is 6.48. The molecule has 0 saturated carbocycles. The minimum atomic E-state index is 0.577. The Kier molecular flexibility index (Phi) is 4.42. The molecule has 4 heteroatoms. The Bertz CT molecular complexity index is 384. The molecule has 1 unspecified atom stereocenters. The second-order valence-corrected chi connectivity index (χ2v) is 5.40. The third-order valence-electron chi connectivity index (χ3n) is 3.10. The van der Waals surface area contributed by atoms with Crippen LogP contribution in [0.5, 0.6) is 5.75 Å². The highest BCUT2D eigenvalue weighted by Crippen LogP contribution is 2.24. The number of nitrogens with zero attached hydrogens (tertiary/aromatic N) is 1. The first-order valence-electron chi connectivity index (χ1n) is 5.97. The van der Waals surface area contributed by atoms with Gasteiger partial charge < -0.3 is 10.1 Å². The molecule has 1 fully saturated rings. The Balaban J connectivity index is 2.06. The molecule has 0 aromatic heterocycles. The number of piperazine rings is 1. The summed E-state index contributed by atoms with van der Waals surface area (Å²) in [6.07, 6.45) is 0. The van der Waals surface area contributed by atoms with Crippen molar-refractivity contribution < 1.29 is 4.74 Å². The van der Waals surface area contributed by atoms with Gasteiger partial charge in [-0.15, -0.1) is 0 Å². The van der Waals surface area contributed by atoms with Crippen molar-refractivity contribution in [2.24, 2.45) is 0 Å². The number of nitrogens with one attached hydrogen (secondary N) is 1. The van der Waals surface area contributed by atoms with Crippen molar-refractivity contribution in [3.8, 4) is 5.75 Å². The number of hydrogen-bond donors (Lipinski definition) is 1. The molecule has 3 nitrogen and oxygen atoms in total. The van der Waals surface area contributed by atoms with E-state index in [0.29, 0.717) is 6.04 Å². The first kappa shape index (κ1) is 12.9. The van der Waals surface area contributed by atoms with Gasteiger partial charge in [0.15, 0.2) is 0 Å². The number of methoxy groups -OCH3 is 1. The van der Waals surface area contributed by atoms with Crippen molar-refractivity contribution in [2.45, 2.75) is 19.5 Å². The lowest BCUT2D eigenvalue weighted by molar-refractivity contribution is 0.199. The van der Waals surface area contributed by atoms with E-state index in [1.165, 1.54) is 5.56 Å². The van der Waals surface area contributed by atoms with Crippen molar-refractivity contribution in [3.05, 3.63) is 28.2 Å². The van der Waals surface area contributed by atoms with Crippen molar-refractivity contribution in [3.63, 3.8) is 0 Å². The third-order valence-corrected chi connectivity index (χ3v) is 3.87. The summed E-state index contributed by atoms with van der Waals surface area (Å²) >= 11 is 3.60. The number of halogens is 1. The van der Waals surface area contributed by atoms with Crippen molar-refractivity contribution in [2.75, 3.05) is 26.7 Å². The lowest BCUT2D eigenvalue weighted by Crippen LogP contribution is -2.48. The van der Waals surface area contributed by atoms with E-state index in [9.17, 15) is 0 Å². The smallest absolute Gasteiger partial charge is 0.119 e. The lowest BCUT2D eigenvalue weighted by Gasteiger charge is -2.32. The van der Waals surface area contributed by atoms with Crippen molar-refractivity contribution in [1.82, 2.24) is 10.2 Å². The predicted molar refractivity (Wildman–Crippen MR) is 73.4 cm³/mol. The van der Waals surface area contributed by atoms with Crippen LogP contribution in [0.4, 0.5) is 0 Å². The molecule has 1 aliphatic heterocycles. The van der Waals surface area contributed by atoms with Gasteiger partial charge in [-0.25, -0.2) is 0 Å². The van der Waals surface area contributed by atoms with E-state index in [-0.39, 0.29) is 0 Å². The summed E-state index contributed by atoms with van der Waals surface area (Å²) in [4.78, 5) is 2.47. The van der Waals surface area contributed by atoms with Gasteiger partial charge in [0.2, 0.25) is 0 Å². The van der Waals surface area contributed by atoms with E-state index in [1.807, 2.05) is 6.07 Å². The zero-order chi connectivity index (χ0) is 12.3. The molecule has 1 aliphatic rings. The van der Waals surface area contributed by atoms with Crippen molar-refractivity contribution in [1.29, 1.82) is 0 Å². The maximum atomic E-state index is 5.27. The van der Waals surface area contributed by atoms with Crippen LogP contribution >= 0.6 is 15.9 Å². The van der Waals surface area contributed by atoms with Crippen LogP contribution in [0, 0.1) is 0 Å². The van der Waals surface area contributed by atoms with E-state index >= 15 is 0 Å². The molecular formula is C13H19BrN2O. The maximum Gasteiger partial charge on any atom is 0.119 e. The molecule has 0 radical (unpaired) electrons. The highest BCUT2D eigenvalue weighted by atomic mass is 79.9. The van der Waals surface area contributed by atoms with Gasteiger partial charge in [0.25, 0.3) is 0 Å². The third kappa shape index (κ3) is 3.44. The molecule has 2 rings (SSSR count). The number of hydrogen-bond acceptors (Lipinski definition) is 3. The summed E-state index contributed by atoms with van der Waals surface area (Å²) in [5.74, 6) is 0.923. The Hall–Kier alpha value is -0.580. The standard InChI is InChI=1S/C13H19BrN2O/c1-10-8-16(6-5-15-10)9-11-7-12(17-2)3-4-13(11)14/h3-4,7,10,15H,5-6,8-9H2,1-2H3. The molecule has 1 saturated heterocycles. The van der Waals surface area contributed by atoms with Crippen LogP contribution < -0.4 is 10.1 Å². The van der Waals surface area contributed by atoms with Crippen LogP contribution in [0.15, 0.2) is 22.7 Å². The normalized spacial score (nSPS) is 21.5. The average Bonchev–Trinajstić information content (AvgIpc) is 2.32. The summed E-state index contributed by atoms with van der Waals surface area (Å²) in [5.41, 5.74) is 1.29. The van der Waals surface area contributed by atoms with Gasteiger partial charge >= 0.3 is 0 Å². The summed E-state index contributed by atoms with van der Waals surface area (Å²) in [7, 11) is 1.71. The molecule has 1 N–H and O–H groups in total. The molecule has 1 aromatic carbocycles. The highest BCUT2D eigenvalue weighted by Gasteiger charge is 2.16. The van der Waals surface area contributed by atoms with Gasteiger partial charge in [-0.2, -0.15) is 0 Å². The quantitative estimate of drug-likeness (QED) is 0.926. The van der Waals surface area contributed by atoms with Crippen LogP contribution in [0.1, 0.15) is 12.5 Å². The van der Waals surface area contributed by atoms with Gasteiger partial charge in [-0.05, 0) is 30.7 Å². The Morgan fingerprint density at radius 2 is 2.35 bits per heavy atom. The molecule has 1 heterocycles. The minimum Gasteiger partial charge on any atom is -0.497 e. The Morgan fingerprint density at radius 1 is 1.53 bits per heavy atom. The fourth-order valence-electron chi connectivity index (χ4n) is 2.20. The lowest BCUT2D eigenvalue weighted by atomic mass is 10.1. The SMILES string of the molecule is COc1ccc(Br)c(CN2CCNC(C)C2)c1. The number of ether oxygens (including phenoxy) is 1. The van der Waals surface area contributed by atoms with Crippen LogP contribution in [0.2, 0.25) is 0 Å².